The lowest BCUT2D eigenvalue weighted by atomic mass is 10.0. The molecule has 1 atom stereocenters. The van der Waals surface area contributed by atoms with Crippen molar-refractivity contribution in [3.05, 3.63) is 118 Å². The van der Waals surface area contributed by atoms with Crippen LogP contribution in [0, 0.1) is 5.82 Å². The first-order chi connectivity index (χ1) is 23.2. The van der Waals surface area contributed by atoms with Crippen molar-refractivity contribution in [3.63, 3.8) is 0 Å². The van der Waals surface area contributed by atoms with Gasteiger partial charge in [0.25, 0.3) is 10.0 Å². The minimum Gasteiger partial charge on any atom is -0.486 e. The molecule has 258 valence electrons. The number of hydrogen-bond acceptors (Lipinski definition) is 6. The number of nitrogens with zero attached hydrogens (tertiary/aromatic N) is 2. The van der Waals surface area contributed by atoms with Crippen LogP contribution in [-0.4, -0.2) is 56.5 Å². The van der Waals surface area contributed by atoms with E-state index in [1.807, 2.05) is 51.1 Å². The van der Waals surface area contributed by atoms with Crippen molar-refractivity contribution in [1.29, 1.82) is 0 Å². The number of carbonyl (C=O) groups is 2. The van der Waals surface area contributed by atoms with Crippen molar-refractivity contribution in [3.8, 4) is 11.5 Å². The van der Waals surface area contributed by atoms with Gasteiger partial charge in [0, 0.05) is 40.2 Å². The topological polar surface area (TPSA) is 105 Å². The van der Waals surface area contributed by atoms with Crippen molar-refractivity contribution in [2.45, 2.75) is 50.2 Å². The molecule has 0 saturated heterocycles. The van der Waals surface area contributed by atoms with Crippen molar-refractivity contribution in [2.75, 3.05) is 24.1 Å². The van der Waals surface area contributed by atoms with Gasteiger partial charge in [-0.1, -0.05) is 59.6 Å². The largest absolute Gasteiger partial charge is 0.486 e. The Kier molecular flexibility index (Phi) is 11.1. The highest BCUT2D eigenvalue weighted by molar-refractivity contribution is 7.92. The third kappa shape index (κ3) is 8.83. The summed E-state index contributed by atoms with van der Waals surface area (Å²) in [4.78, 5) is 29.8. The molecule has 1 aliphatic heterocycles. The summed E-state index contributed by atoms with van der Waals surface area (Å²) >= 11 is 13.1. The van der Waals surface area contributed by atoms with Crippen LogP contribution < -0.4 is 19.1 Å². The molecule has 0 spiro atoms. The molecule has 0 unspecified atom stereocenters. The zero-order valence-electron chi connectivity index (χ0n) is 27.2. The Hall–Kier alpha value is -4.32. The fourth-order valence-corrected chi connectivity index (χ4v) is 7.26. The van der Waals surface area contributed by atoms with E-state index in [9.17, 15) is 22.4 Å². The Balaban J connectivity index is 1.61. The Morgan fingerprint density at radius 2 is 1.51 bits per heavy atom. The first kappa shape index (κ1) is 36.0. The third-order valence-corrected chi connectivity index (χ3v) is 10.1. The fraction of sp³-hybridized carbons (Fsp3) is 0.278. The Morgan fingerprint density at radius 3 is 2.14 bits per heavy atom. The van der Waals surface area contributed by atoms with Gasteiger partial charge < -0.3 is 19.7 Å². The van der Waals surface area contributed by atoms with Crippen LogP contribution in [0.4, 0.5) is 10.1 Å². The number of rotatable bonds is 11. The zero-order chi connectivity index (χ0) is 35.3. The summed E-state index contributed by atoms with van der Waals surface area (Å²) < 4.78 is 54.8. The second kappa shape index (κ2) is 15.1. The summed E-state index contributed by atoms with van der Waals surface area (Å²) in [6.07, 6.45) is 0.0992. The first-order valence-electron chi connectivity index (χ1n) is 15.5. The van der Waals surface area contributed by atoms with E-state index in [2.05, 4.69) is 5.32 Å². The number of sulfonamides is 1. The molecule has 4 aromatic rings. The summed E-state index contributed by atoms with van der Waals surface area (Å²) in [5.74, 6) is -1.17. The second-order valence-corrected chi connectivity index (χ2v) is 15.1. The maximum atomic E-state index is 14.7. The maximum Gasteiger partial charge on any atom is 0.264 e. The molecule has 0 radical (unpaired) electrons. The zero-order valence-corrected chi connectivity index (χ0v) is 29.5. The van der Waals surface area contributed by atoms with Gasteiger partial charge in [-0.3, -0.25) is 13.9 Å². The molecule has 1 N–H and O–H groups in total. The number of ether oxygens (including phenoxy) is 2. The van der Waals surface area contributed by atoms with Gasteiger partial charge >= 0.3 is 0 Å². The van der Waals surface area contributed by atoms with Crippen LogP contribution in [0.15, 0.2) is 95.9 Å². The minimum atomic E-state index is -4.48. The molecular weight excluding hydrogens is 692 g/mol. The average molecular weight is 729 g/mol. The van der Waals surface area contributed by atoms with Gasteiger partial charge in [-0.25, -0.2) is 12.8 Å². The Labute approximate surface area is 295 Å². The molecule has 13 heteroatoms. The molecule has 49 heavy (non-hydrogen) atoms. The molecule has 1 heterocycles. The summed E-state index contributed by atoms with van der Waals surface area (Å²) in [5.41, 5.74) is 0.506. The third-order valence-electron chi connectivity index (χ3n) is 7.65. The minimum absolute atomic E-state index is 0.0270. The SMILES string of the molecule is CC(C)(C)NC(=O)[C@@H](Cc1ccccc1)N(Cc1c(Cl)cccc1Cl)C(=O)CN(c1ccc(F)cc1)S(=O)(=O)c1ccc2c(c1)OCCO2. The van der Waals surface area contributed by atoms with E-state index in [1.54, 1.807) is 18.2 Å². The summed E-state index contributed by atoms with van der Waals surface area (Å²) in [5, 5.41) is 3.49. The number of carbonyl (C=O) groups excluding carboxylic acids is 2. The highest BCUT2D eigenvalue weighted by Gasteiger charge is 2.36. The van der Waals surface area contributed by atoms with Gasteiger partial charge in [0.05, 0.1) is 10.6 Å². The standard InChI is InChI=1S/C36H36Cl2FN3O6S/c1-36(2,3)40-35(44)31(20-24-8-5-4-6-9-24)41(22-28-29(37)10-7-11-30(28)38)34(43)23-42(26-14-12-25(39)13-15-26)49(45,46)27-16-17-32-33(21-27)48-19-18-47-32/h4-17,21,31H,18-20,22-23H2,1-3H3,(H,40,44)/t31-/m1/s1. The molecule has 1 aliphatic rings. The Morgan fingerprint density at radius 1 is 0.878 bits per heavy atom. The van der Waals surface area contributed by atoms with Gasteiger partial charge in [-0.05, 0) is 74.9 Å². The van der Waals surface area contributed by atoms with E-state index in [-0.39, 0.29) is 46.0 Å². The maximum absolute atomic E-state index is 14.7. The van der Waals surface area contributed by atoms with Crippen LogP contribution in [0.1, 0.15) is 31.9 Å². The number of amides is 2. The predicted octanol–water partition coefficient (Wildman–Crippen LogP) is 6.65. The van der Waals surface area contributed by atoms with Gasteiger partial charge in [-0.2, -0.15) is 0 Å². The van der Waals surface area contributed by atoms with Crippen LogP contribution >= 0.6 is 23.2 Å². The van der Waals surface area contributed by atoms with E-state index in [4.69, 9.17) is 32.7 Å². The van der Waals surface area contributed by atoms with Crippen molar-refractivity contribution < 1.29 is 31.9 Å². The summed E-state index contributed by atoms with van der Waals surface area (Å²) in [6.45, 7) is 5.03. The van der Waals surface area contributed by atoms with Gasteiger partial charge in [-0.15, -0.1) is 0 Å². The van der Waals surface area contributed by atoms with Gasteiger partial charge in [0.1, 0.15) is 31.6 Å². The molecule has 0 bridgehead atoms. The van der Waals surface area contributed by atoms with E-state index >= 15 is 0 Å². The summed E-state index contributed by atoms with van der Waals surface area (Å²) in [6, 6.07) is 21.8. The molecule has 0 aromatic heterocycles. The number of nitrogens with one attached hydrogen (secondary N) is 1. The quantitative estimate of drug-likeness (QED) is 0.186. The van der Waals surface area contributed by atoms with Crippen LogP contribution in [-0.2, 0) is 32.6 Å². The molecule has 0 aliphatic carbocycles. The molecule has 0 fully saturated rings. The lowest BCUT2D eigenvalue weighted by Crippen LogP contribution is -2.56. The summed E-state index contributed by atoms with van der Waals surface area (Å²) in [7, 11) is -4.48. The van der Waals surface area contributed by atoms with Crippen molar-refractivity contribution >= 4 is 50.7 Å². The normalized spacial score (nSPS) is 13.3. The number of fused-ring (bicyclic) bond motifs is 1. The van der Waals surface area contributed by atoms with Crippen LogP contribution in [0.5, 0.6) is 11.5 Å². The molecular formula is C36H36Cl2FN3O6S. The van der Waals surface area contributed by atoms with Crippen LogP contribution in [0.25, 0.3) is 0 Å². The smallest absolute Gasteiger partial charge is 0.264 e. The van der Waals surface area contributed by atoms with E-state index in [0.29, 0.717) is 17.9 Å². The number of hydrogen-bond donors (Lipinski definition) is 1. The second-order valence-electron chi connectivity index (χ2n) is 12.5. The van der Waals surface area contributed by atoms with Crippen molar-refractivity contribution in [1.82, 2.24) is 10.2 Å². The van der Waals surface area contributed by atoms with Gasteiger partial charge in [0.15, 0.2) is 11.5 Å². The van der Waals surface area contributed by atoms with E-state index in [1.165, 1.54) is 35.2 Å². The lowest BCUT2D eigenvalue weighted by Gasteiger charge is -2.35. The highest BCUT2D eigenvalue weighted by atomic mass is 35.5. The average Bonchev–Trinajstić information content (AvgIpc) is 3.06. The molecule has 0 saturated carbocycles. The lowest BCUT2D eigenvalue weighted by molar-refractivity contribution is -0.140. The van der Waals surface area contributed by atoms with Crippen LogP contribution in [0.3, 0.4) is 0 Å². The first-order valence-corrected chi connectivity index (χ1v) is 17.7. The fourth-order valence-electron chi connectivity index (χ4n) is 5.31. The molecule has 5 rings (SSSR count). The van der Waals surface area contributed by atoms with E-state index < -0.39 is 45.8 Å². The monoisotopic (exact) mass is 727 g/mol. The van der Waals surface area contributed by atoms with Crippen molar-refractivity contribution in [2.24, 2.45) is 0 Å². The predicted molar refractivity (Wildman–Crippen MR) is 187 cm³/mol. The highest BCUT2D eigenvalue weighted by Crippen LogP contribution is 2.35. The van der Waals surface area contributed by atoms with E-state index in [0.717, 1.165) is 22.0 Å². The Bertz CT molecular complexity index is 1900. The molecule has 9 nitrogen and oxygen atoms in total. The molecule has 4 aromatic carbocycles. The number of anilines is 1. The number of halogens is 3. The molecule has 2 amide bonds. The van der Waals surface area contributed by atoms with Crippen LogP contribution in [0.2, 0.25) is 10.0 Å². The van der Waals surface area contributed by atoms with Gasteiger partial charge in [0.2, 0.25) is 11.8 Å². The number of benzene rings is 4.